The average Bonchev–Trinajstić information content (AvgIpc) is 3.05. The largest absolute Gasteiger partial charge is 0.365 e. The van der Waals surface area contributed by atoms with Crippen molar-refractivity contribution in [3.63, 3.8) is 0 Å². The highest BCUT2D eigenvalue weighted by Crippen LogP contribution is 2.23. The van der Waals surface area contributed by atoms with Gasteiger partial charge in [0.1, 0.15) is 5.82 Å². The van der Waals surface area contributed by atoms with E-state index in [1.54, 1.807) is 11.9 Å². The lowest BCUT2D eigenvalue weighted by Gasteiger charge is -2.33. The molecule has 0 aromatic carbocycles. The molecule has 132 valence electrons. The number of urea groups is 1. The number of amides is 3. The molecule has 0 saturated carbocycles. The summed E-state index contributed by atoms with van der Waals surface area (Å²) in [5.41, 5.74) is 0. The number of carbonyl (C=O) groups excluding carboxylic acids is 2. The van der Waals surface area contributed by atoms with Crippen molar-refractivity contribution in [3.8, 4) is 0 Å². The molecule has 2 aliphatic heterocycles. The van der Waals surface area contributed by atoms with E-state index in [2.05, 4.69) is 20.7 Å². The van der Waals surface area contributed by atoms with Crippen LogP contribution in [0.4, 0.5) is 4.79 Å². The van der Waals surface area contributed by atoms with E-state index in [1.165, 1.54) is 0 Å². The predicted molar refractivity (Wildman–Crippen MR) is 85.3 cm³/mol. The number of hydrogen-bond donors (Lipinski definition) is 2. The zero-order valence-corrected chi connectivity index (χ0v) is 14.1. The van der Waals surface area contributed by atoms with E-state index in [-0.39, 0.29) is 24.5 Å². The first-order valence-electron chi connectivity index (χ1n) is 8.44. The molecule has 9 nitrogen and oxygen atoms in total. The number of nitrogens with one attached hydrogen (secondary N) is 2. The summed E-state index contributed by atoms with van der Waals surface area (Å²) in [5, 5.41) is 10.0. The lowest BCUT2D eigenvalue weighted by molar-refractivity contribution is -0.136. The number of rotatable bonds is 3. The minimum Gasteiger partial charge on any atom is -0.365 e. The van der Waals surface area contributed by atoms with Crippen LogP contribution in [-0.4, -0.2) is 64.5 Å². The van der Waals surface area contributed by atoms with Crippen molar-refractivity contribution in [1.29, 1.82) is 0 Å². The van der Waals surface area contributed by atoms with Gasteiger partial charge in [0.2, 0.25) is 0 Å². The predicted octanol–water partition coefficient (Wildman–Crippen LogP) is -0.168. The number of aromatic nitrogens is 3. The molecule has 0 bridgehead atoms. The number of aryl methyl sites for hydroxylation is 2. The molecular weight excluding hydrogens is 312 g/mol. The first kappa shape index (κ1) is 16.7. The Morgan fingerprint density at radius 3 is 2.96 bits per heavy atom. The molecule has 2 atom stereocenters. The minimum atomic E-state index is -0.615. The van der Waals surface area contributed by atoms with Crippen molar-refractivity contribution in [3.05, 3.63) is 11.6 Å². The number of fused-ring (bicyclic) bond motifs is 1. The standard InChI is InChI=1S/C15H24N6O3/c1-3-12-18-13-10(5-4-6-21(13)19-12)17-15(23)20-7-8-24-11(9-20)14(22)16-2/h10-11H,3-9H2,1-2H3,(H,16,22)(H,17,23). The third-order valence-corrected chi connectivity index (χ3v) is 4.43. The Bertz CT molecular complexity index is 616. The molecule has 0 radical (unpaired) electrons. The van der Waals surface area contributed by atoms with Crippen LogP contribution in [0.5, 0.6) is 0 Å². The first-order chi connectivity index (χ1) is 11.6. The van der Waals surface area contributed by atoms with E-state index in [0.29, 0.717) is 13.2 Å². The molecule has 2 N–H and O–H groups in total. The van der Waals surface area contributed by atoms with E-state index in [4.69, 9.17) is 4.74 Å². The van der Waals surface area contributed by atoms with E-state index < -0.39 is 6.10 Å². The van der Waals surface area contributed by atoms with Crippen LogP contribution in [0.25, 0.3) is 0 Å². The molecule has 2 aliphatic rings. The van der Waals surface area contributed by atoms with Crippen molar-refractivity contribution in [2.24, 2.45) is 0 Å². The Labute approximate surface area is 140 Å². The van der Waals surface area contributed by atoms with Gasteiger partial charge in [-0.1, -0.05) is 6.92 Å². The lowest BCUT2D eigenvalue weighted by atomic mass is 10.1. The second-order valence-electron chi connectivity index (χ2n) is 6.03. The van der Waals surface area contributed by atoms with Gasteiger partial charge in [-0.25, -0.2) is 14.5 Å². The molecule has 9 heteroatoms. The van der Waals surface area contributed by atoms with Crippen LogP contribution < -0.4 is 10.6 Å². The summed E-state index contributed by atoms with van der Waals surface area (Å²) < 4.78 is 7.30. The molecule has 0 aliphatic carbocycles. The first-order valence-corrected chi connectivity index (χ1v) is 8.44. The normalized spacial score (nSPS) is 23.5. The number of nitrogens with zero attached hydrogens (tertiary/aromatic N) is 4. The summed E-state index contributed by atoms with van der Waals surface area (Å²) >= 11 is 0. The fourth-order valence-electron chi connectivity index (χ4n) is 3.08. The Morgan fingerprint density at radius 2 is 2.21 bits per heavy atom. The topological polar surface area (TPSA) is 101 Å². The average molecular weight is 336 g/mol. The SMILES string of the molecule is CCc1nc2n(n1)CCCC2NC(=O)N1CCOC(C(=O)NC)C1. The molecule has 1 fully saturated rings. The van der Waals surface area contributed by atoms with Crippen LogP contribution in [0, 0.1) is 0 Å². The summed E-state index contributed by atoms with van der Waals surface area (Å²) in [4.78, 5) is 30.4. The van der Waals surface area contributed by atoms with Crippen LogP contribution in [0.1, 0.15) is 37.5 Å². The second-order valence-corrected chi connectivity index (χ2v) is 6.03. The number of likely N-dealkylation sites (N-methyl/N-ethyl adjacent to an activating group) is 1. The van der Waals surface area contributed by atoms with Crippen molar-refractivity contribution in [1.82, 2.24) is 30.3 Å². The fourth-order valence-corrected chi connectivity index (χ4v) is 3.08. The van der Waals surface area contributed by atoms with Crippen molar-refractivity contribution >= 4 is 11.9 Å². The Morgan fingerprint density at radius 1 is 1.38 bits per heavy atom. The fraction of sp³-hybridized carbons (Fsp3) is 0.733. The number of ether oxygens (including phenoxy) is 1. The zero-order valence-electron chi connectivity index (χ0n) is 14.1. The Balaban J connectivity index is 1.65. The van der Waals surface area contributed by atoms with Gasteiger partial charge in [0.15, 0.2) is 11.9 Å². The molecule has 1 saturated heterocycles. The molecule has 2 unspecified atom stereocenters. The lowest BCUT2D eigenvalue weighted by Crippen LogP contribution is -2.54. The Hall–Kier alpha value is -2.16. The van der Waals surface area contributed by atoms with E-state index in [9.17, 15) is 9.59 Å². The van der Waals surface area contributed by atoms with Gasteiger partial charge in [-0.05, 0) is 12.8 Å². The number of morpholine rings is 1. The highest BCUT2D eigenvalue weighted by molar-refractivity contribution is 5.82. The maximum atomic E-state index is 12.6. The smallest absolute Gasteiger partial charge is 0.318 e. The van der Waals surface area contributed by atoms with Gasteiger partial charge in [-0.3, -0.25) is 4.79 Å². The molecule has 0 spiro atoms. The van der Waals surface area contributed by atoms with Crippen LogP contribution in [0.3, 0.4) is 0 Å². The van der Waals surface area contributed by atoms with Gasteiger partial charge in [-0.15, -0.1) is 0 Å². The van der Waals surface area contributed by atoms with E-state index in [1.807, 2.05) is 11.6 Å². The van der Waals surface area contributed by atoms with Crippen LogP contribution in [0.2, 0.25) is 0 Å². The van der Waals surface area contributed by atoms with Gasteiger partial charge in [0.05, 0.1) is 19.2 Å². The highest BCUT2D eigenvalue weighted by Gasteiger charge is 2.31. The van der Waals surface area contributed by atoms with Crippen LogP contribution in [-0.2, 0) is 22.5 Å². The molecule has 3 heterocycles. The summed E-state index contributed by atoms with van der Waals surface area (Å²) in [5.74, 6) is 1.41. The molecule has 1 aromatic heterocycles. The number of carbonyl (C=O) groups is 2. The van der Waals surface area contributed by atoms with E-state index >= 15 is 0 Å². The van der Waals surface area contributed by atoms with Gasteiger partial charge in [0.25, 0.3) is 5.91 Å². The van der Waals surface area contributed by atoms with Crippen LogP contribution in [0.15, 0.2) is 0 Å². The molecular formula is C15H24N6O3. The summed E-state index contributed by atoms with van der Waals surface area (Å²) in [7, 11) is 1.56. The quantitative estimate of drug-likeness (QED) is 0.798. The monoisotopic (exact) mass is 336 g/mol. The highest BCUT2D eigenvalue weighted by atomic mass is 16.5. The van der Waals surface area contributed by atoms with Gasteiger partial charge >= 0.3 is 6.03 Å². The molecule has 3 amide bonds. The summed E-state index contributed by atoms with van der Waals surface area (Å²) in [6.07, 6.45) is 1.96. The van der Waals surface area contributed by atoms with Crippen molar-refractivity contribution in [2.75, 3.05) is 26.7 Å². The van der Waals surface area contributed by atoms with Crippen LogP contribution >= 0.6 is 0 Å². The maximum Gasteiger partial charge on any atom is 0.318 e. The van der Waals surface area contributed by atoms with Gasteiger partial charge < -0.3 is 20.3 Å². The van der Waals surface area contributed by atoms with Crippen molar-refractivity contribution in [2.45, 2.75) is 44.9 Å². The van der Waals surface area contributed by atoms with E-state index in [0.717, 1.165) is 37.5 Å². The third-order valence-electron chi connectivity index (χ3n) is 4.43. The second kappa shape index (κ2) is 7.16. The zero-order chi connectivity index (χ0) is 17.1. The maximum absolute atomic E-state index is 12.6. The minimum absolute atomic E-state index is 0.139. The molecule has 3 rings (SSSR count). The van der Waals surface area contributed by atoms with Gasteiger partial charge in [-0.2, -0.15) is 5.10 Å². The molecule has 1 aromatic rings. The van der Waals surface area contributed by atoms with Gasteiger partial charge in [0, 0.05) is 26.6 Å². The van der Waals surface area contributed by atoms with Crippen molar-refractivity contribution < 1.29 is 14.3 Å². The summed E-state index contributed by atoms with van der Waals surface area (Å²) in [6.45, 7) is 3.93. The number of hydrogen-bond acceptors (Lipinski definition) is 5. The Kier molecular flexibility index (Phi) is 4.98. The molecule has 24 heavy (non-hydrogen) atoms. The third kappa shape index (κ3) is 3.35. The summed E-state index contributed by atoms with van der Waals surface area (Å²) in [6, 6.07) is -0.327.